The molecule has 0 amide bonds. The summed E-state index contributed by atoms with van der Waals surface area (Å²) in [6.07, 6.45) is 0. The molecule has 12 heavy (non-hydrogen) atoms. The van der Waals surface area contributed by atoms with Crippen LogP contribution in [0.1, 0.15) is 6.92 Å². The summed E-state index contributed by atoms with van der Waals surface area (Å²) in [7, 11) is 0. The standard InChI is InChI=1S/C9H10N2O/c1-8(7-10)11(12)9-5-3-2-4-6-9/h2-6,8,12H,1H3. The van der Waals surface area contributed by atoms with Gasteiger partial charge >= 0.3 is 0 Å². The predicted octanol–water partition coefficient (Wildman–Crippen LogP) is 1.79. The highest BCUT2D eigenvalue weighted by Crippen LogP contribution is 2.12. The predicted molar refractivity (Wildman–Crippen MR) is 45.8 cm³/mol. The molecule has 1 aromatic rings. The van der Waals surface area contributed by atoms with Crippen LogP contribution in [0.4, 0.5) is 5.69 Å². The first-order valence-corrected chi connectivity index (χ1v) is 3.68. The number of hydrogen-bond acceptors (Lipinski definition) is 3. The lowest BCUT2D eigenvalue weighted by atomic mass is 10.3. The summed E-state index contributed by atoms with van der Waals surface area (Å²) < 4.78 is 0. The van der Waals surface area contributed by atoms with Crippen molar-refractivity contribution in [2.24, 2.45) is 0 Å². The normalized spacial score (nSPS) is 11.8. The van der Waals surface area contributed by atoms with Gasteiger partial charge in [0.1, 0.15) is 6.04 Å². The van der Waals surface area contributed by atoms with E-state index in [1.807, 2.05) is 24.3 Å². The maximum absolute atomic E-state index is 9.40. The van der Waals surface area contributed by atoms with Gasteiger partial charge in [0.05, 0.1) is 11.8 Å². The van der Waals surface area contributed by atoms with Crippen LogP contribution in [0.25, 0.3) is 0 Å². The van der Waals surface area contributed by atoms with Crippen LogP contribution in [0.5, 0.6) is 0 Å². The fraction of sp³-hybridized carbons (Fsp3) is 0.222. The minimum absolute atomic E-state index is 0.521. The third-order valence-corrected chi connectivity index (χ3v) is 1.57. The van der Waals surface area contributed by atoms with Crippen LogP contribution < -0.4 is 5.06 Å². The molecular formula is C9H10N2O. The van der Waals surface area contributed by atoms with Crippen molar-refractivity contribution in [3.05, 3.63) is 30.3 Å². The Morgan fingerprint density at radius 1 is 1.42 bits per heavy atom. The number of hydrogen-bond donors (Lipinski definition) is 1. The topological polar surface area (TPSA) is 47.3 Å². The van der Waals surface area contributed by atoms with E-state index in [9.17, 15) is 5.21 Å². The highest BCUT2D eigenvalue weighted by molar-refractivity contribution is 5.44. The third kappa shape index (κ3) is 1.74. The Morgan fingerprint density at radius 2 is 2.00 bits per heavy atom. The molecule has 0 saturated carbocycles. The first kappa shape index (κ1) is 8.57. The maximum Gasteiger partial charge on any atom is 0.140 e. The number of anilines is 1. The van der Waals surface area contributed by atoms with Gasteiger partial charge < -0.3 is 0 Å². The number of benzene rings is 1. The molecule has 3 nitrogen and oxygen atoms in total. The summed E-state index contributed by atoms with van der Waals surface area (Å²) in [5.74, 6) is 0. The molecule has 0 aromatic heterocycles. The number of para-hydroxylation sites is 1. The zero-order valence-electron chi connectivity index (χ0n) is 6.81. The Balaban J connectivity index is 2.80. The third-order valence-electron chi connectivity index (χ3n) is 1.57. The molecule has 1 aromatic carbocycles. The Morgan fingerprint density at radius 3 is 2.50 bits per heavy atom. The molecule has 1 N–H and O–H groups in total. The first-order chi connectivity index (χ1) is 5.75. The molecule has 3 heteroatoms. The van der Waals surface area contributed by atoms with Gasteiger partial charge in [-0.1, -0.05) is 18.2 Å². The van der Waals surface area contributed by atoms with Crippen molar-refractivity contribution in [3.8, 4) is 6.07 Å². The van der Waals surface area contributed by atoms with Crippen LogP contribution in [-0.2, 0) is 0 Å². The molecule has 0 saturated heterocycles. The summed E-state index contributed by atoms with van der Waals surface area (Å²) >= 11 is 0. The van der Waals surface area contributed by atoms with Crippen LogP contribution in [0.2, 0.25) is 0 Å². The van der Waals surface area contributed by atoms with E-state index in [0.29, 0.717) is 5.69 Å². The van der Waals surface area contributed by atoms with Gasteiger partial charge in [0, 0.05) is 0 Å². The van der Waals surface area contributed by atoms with Crippen molar-refractivity contribution in [1.29, 1.82) is 5.26 Å². The second kappa shape index (κ2) is 3.74. The Bertz CT molecular complexity index is 278. The zero-order valence-corrected chi connectivity index (χ0v) is 6.81. The Kier molecular flexibility index (Phi) is 2.67. The summed E-state index contributed by atoms with van der Waals surface area (Å²) in [6, 6.07) is 10.4. The van der Waals surface area contributed by atoms with Crippen LogP contribution in [0.3, 0.4) is 0 Å². The van der Waals surface area contributed by atoms with E-state index in [4.69, 9.17) is 5.26 Å². The molecule has 0 bridgehead atoms. The average molecular weight is 162 g/mol. The van der Waals surface area contributed by atoms with E-state index in [1.54, 1.807) is 19.1 Å². The second-order valence-electron chi connectivity index (χ2n) is 2.49. The number of nitriles is 1. The minimum Gasteiger partial charge on any atom is -0.287 e. The minimum atomic E-state index is -0.521. The number of rotatable bonds is 2. The van der Waals surface area contributed by atoms with Crippen molar-refractivity contribution in [3.63, 3.8) is 0 Å². The van der Waals surface area contributed by atoms with Crippen molar-refractivity contribution in [1.82, 2.24) is 0 Å². The lowest BCUT2D eigenvalue weighted by Crippen LogP contribution is -2.27. The fourth-order valence-corrected chi connectivity index (χ4v) is 0.859. The van der Waals surface area contributed by atoms with Gasteiger partial charge in [-0.15, -0.1) is 0 Å². The van der Waals surface area contributed by atoms with Crippen molar-refractivity contribution < 1.29 is 5.21 Å². The Labute approximate surface area is 71.4 Å². The summed E-state index contributed by atoms with van der Waals surface area (Å²) in [6.45, 7) is 1.63. The molecule has 1 unspecified atom stereocenters. The van der Waals surface area contributed by atoms with Gasteiger partial charge in [-0.3, -0.25) is 5.21 Å². The molecular weight excluding hydrogens is 152 g/mol. The van der Waals surface area contributed by atoms with Crippen LogP contribution >= 0.6 is 0 Å². The van der Waals surface area contributed by atoms with Gasteiger partial charge in [0.15, 0.2) is 0 Å². The number of hydroxylamine groups is 1. The average Bonchev–Trinajstić information content (AvgIpc) is 2.17. The summed E-state index contributed by atoms with van der Waals surface area (Å²) in [4.78, 5) is 0. The van der Waals surface area contributed by atoms with Gasteiger partial charge in [-0.25, -0.2) is 5.06 Å². The van der Waals surface area contributed by atoms with E-state index >= 15 is 0 Å². The lowest BCUT2D eigenvalue weighted by molar-refractivity contribution is 0.240. The second-order valence-corrected chi connectivity index (χ2v) is 2.49. The quantitative estimate of drug-likeness (QED) is 0.674. The summed E-state index contributed by atoms with van der Waals surface area (Å²) in [5.41, 5.74) is 0.631. The van der Waals surface area contributed by atoms with Crippen molar-refractivity contribution in [2.75, 3.05) is 5.06 Å². The SMILES string of the molecule is CC(C#N)N(O)c1ccccc1. The fourth-order valence-electron chi connectivity index (χ4n) is 0.859. The van der Waals surface area contributed by atoms with Gasteiger partial charge in [-0.2, -0.15) is 5.26 Å². The van der Waals surface area contributed by atoms with E-state index in [-0.39, 0.29) is 0 Å². The maximum atomic E-state index is 9.40. The highest BCUT2D eigenvalue weighted by Gasteiger charge is 2.09. The van der Waals surface area contributed by atoms with Crippen LogP contribution in [-0.4, -0.2) is 11.2 Å². The van der Waals surface area contributed by atoms with E-state index < -0.39 is 6.04 Å². The first-order valence-electron chi connectivity index (χ1n) is 3.68. The Hall–Kier alpha value is -1.53. The molecule has 1 atom stereocenters. The highest BCUT2D eigenvalue weighted by atomic mass is 16.5. The van der Waals surface area contributed by atoms with Gasteiger partial charge in [0.25, 0.3) is 0 Å². The molecule has 0 heterocycles. The number of nitrogens with zero attached hydrogens (tertiary/aromatic N) is 2. The van der Waals surface area contributed by atoms with E-state index in [1.165, 1.54) is 0 Å². The molecule has 0 fully saturated rings. The zero-order chi connectivity index (χ0) is 8.97. The largest absolute Gasteiger partial charge is 0.287 e. The lowest BCUT2D eigenvalue weighted by Gasteiger charge is -2.18. The van der Waals surface area contributed by atoms with Gasteiger partial charge in [-0.05, 0) is 19.1 Å². The monoisotopic (exact) mass is 162 g/mol. The van der Waals surface area contributed by atoms with E-state index in [0.717, 1.165) is 5.06 Å². The molecule has 62 valence electrons. The molecule has 1 rings (SSSR count). The van der Waals surface area contributed by atoms with Crippen LogP contribution in [0.15, 0.2) is 30.3 Å². The van der Waals surface area contributed by atoms with E-state index in [2.05, 4.69) is 0 Å². The summed E-state index contributed by atoms with van der Waals surface area (Å²) in [5, 5.41) is 18.9. The molecule has 0 radical (unpaired) electrons. The smallest absolute Gasteiger partial charge is 0.140 e. The van der Waals surface area contributed by atoms with Crippen LogP contribution in [0, 0.1) is 11.3 Å². The van der Waals surface area contributed by atoms with Crippen molar-refractivity contribution >= 4 is 5.69 Å². The van der Waals surface area contributed by atoms with Gasteiger partial charge in [0.2, 0.25) is 0 Å². The molecule has 0 aliphatic carbocycles. The molecule has 0 aliphatic heterocycles. The van der Waals surface area contributed by atoms with Crippen molar-refractivity contribution in [2.45, 2.75) is 13.0 Å². The molecule has 0 aliphatic rings. The molecule has 0 spiro atoms.